The lowest BCUT2D eigenvalue weighted by Gasteiger charge is -2.31. The van der Waals surface area contributed by atoms with Crippen LogP contribution in [-0.4, -0.2) is 58.6 Å². The number of hydrogen-bond donors (Lipinski definition) is 1. The van der Waals surface area contributed by atoms with Crippen LogP contribution in [0.15, 0.2) is 36.4 Å². The summed E-state index contributed by atoms with van der Waals surface area (Å²) in [4.78, 5) is 15.1. The van der Waals surface area contributed by atoms with Crippen LogP contribution >= 0.6 is 0 Å². The summed E-state index contributed by atoms with van der Waals surface area (Å²) in [6.45, 7) is 9.36. The molecule has 1 aliphatic heterocycles. The zero-order valence-electron chi connectivity index (χ0n) is 19.2. The highest BCUT2D eigenvalue weighted by Crippen LogP contribution is 2.39. The zero-order chi connectivity index (χ0) is 22.9. The van der Waals surface area contributed by atoms with E-state index in [0.717, 1.165) is 18.8 Å². The molecule has 2 aromatic rings. The molecule has 1 aliphatic rings. The molecule has 174 valence electrons. The van der Waals surface area contributed by atoms with E-state index in [2.05, 4.69) is 10.2 Å². The van der Waals surface area contributed by atoms with Gasteiger partial charge in [0.25, 0.3) is 5.91 Å². The minimum absolute atomic E-state index is 0.296. The Morgan fingerprint density at radius 1 is 1.06 bits per heavy atom. The van der Waals surface area contributed by atoms with Gasteiger partial charge in [0, 0.05) is 31.3 Å². The molecule has 1 unspecified atom stereocenters. The van der Waals surface area contributed by atoms with Crippen LogP contribution in [0.3, 0.4) is 0 Å². The first-order chi connectivity index (χ1) is 15.5. The van der Waals surface area contributed by atoms with Gasteiger partial charge < -0.3 is 33.9 Å². The maximum atomic E-state index is 12.9. The number of carbonyl (C=O) groups is 1. The van der Waals surface area contributed by atoms with Gasteiger partial charge in [0.15, 0.2) is 6.10 Å². The van der Waals surface area contributed by atoms with Crippen molar-refractivity contribution in [1.29, 1.82) is 0 Å². The highest BCUT2D eigenvalue weighted by atomic mass is 16.5. The molecule has 1 fully saturated rings. The van der Waals surface area contributed by atoms with Crippen LogP contribution in [0.1, 0.15) is 20.8 Å². The number of amides is 1. The molecule has 0 bridgehead atoms. The smallest absolute Gasteiger partial charge is 0.265 e. The van der Waals surface area contributed by atoms with Crippen LogP contribution in [0.2, 0.25) is 0 Å². The number of carbonyl (C=O) groups excluding carboxylic acids is 1. The van der Waals surface area contributed by atoms with Crippen molar-refractivity contribution < 1.29 is 28.5 Å². The Balaban J connectivity index is 1.81. The number of anilines is 2. The van der Waals surface area contributed by atoms with Crippen LogP contribution in [-0.2, 0) is 9.53 Å². The number of methoxy groups -OCH3 is 1. The Morgan fingerprint density at radius 3 is 2.44 bits per heavy atom. The molecule has 0 saturated carbocycles. The van der Waals surface area contributed by atoms with Gasteiger partial charge in [-0.1, -0.05) is 6.07 Å². The average molecular weight is 445 g/mol. The van der Waals surface area contributed by atoms with E-state index in [-0.39, 0.29) is 5.91 Å². The standard InChI is InChI=1S/C24H32N2O6/c1-5-30-22-16-21(26-10-12-29-13-11-26)23(31-6-2)15-20(22)25-24(27)17(3)32-19-9-7-8-18(14-19)28-4/h7-9,14-17H,5-6,10-13H2,1-4H3,(H,25,27). The summed E-state index contributed by atoms with van der Waals surface area (Å²) < 4.78 is 28.2. The minimum Gasteiger partial charge on any atom is -0.497 e. The second kappa shape index (κ2) is 11.5. The molecule has 1 atom stereocenters. The Hall–Kier alpha value is -3.13. The second-order valence-corrected chi connectivity index (χ2v) is 7.21. The maximum absolute atomic E-state index is 12.9. The highest BCUT2D eigenvalue weighted by molar-refractivity contribution is 5.96. The van der Waals surface area contributed by atoms with Crippen molar-refractivity contribution in [2.24, 2.45) is 0 Å². The molecule has 1 saturated heterocycles. The molecule has 0 aromatic heterocycles. The monoisotopic (exact) mass is 444 g/mol. The Bertz CT molecular complexity index is 898. The predicted molar refractivity (Wildman–Crippen MR) is 124 cm³/mol. The Labute approximate surface area is 189 Å². The summed E-state index contributed by atoms with van der Waals surface area (Å²) in [7, 11) is 1.58. The van der Waals surface area contributed by atoms with E-state index in [9.17, 15) is 4.79 Å². The van der Waals surface area contributed by atoms with E-state index in [1.54, 1.807) is 26.2 Å². The molecule has 1 N–H and O–H groups in total. The summed E-state index contributed by atoms with van der Waals surface area (Å²) in [6, 6.07) is 10.9. The molecule has 0 spiro atoms. The third kappa shape index (κ3) is 5.97. The first-order valence-electron chi connectivity index (χ1n) is 10.9. The maximum Gasteiger partial charge on any atom is 0.265 e. The van der Waals surface area contributed by atoms with Crippen LogP contribution < -0.4 is 29.2 Å². The van der Waals surface area contributed by atoms with Crippen LogP contribution in [0.5, 0.6) is 23.0 Å². The normalized spacial score (nSPS) is 14.4. The topological polar surface area (TPSA) is 78.5 Å². The van der Waals surface area contributed by atoms with E-state index < -0.39 is 6.10 Å². The first-order valence-corrected chi connectivity index (χ1v) is 10.9. The molecule has 8 nitrogen and oxygen atoms in total. The van der Waals surface area contributed by atoms with Gasteiger partial charge in [-0.3, -0.25) is 4.79 Å². The molecular formula is C24H32N2O6. The van der Waals surface area contributed by atoms with Crippen LogP contribution in [0.4, 0.5) is 11.4 Å². The van der Waals surface area contributed by atoms with Crippen molar-refractivity contribution in [2.45, 2.75) is 26.9 Å². The number of benzene rings is 2. The lowest BCUT2D eigenvalue weighted by Crippen LogP contribution is -2.36. The average Bonchev–Trinajstić information content (AvgIpc) is 2.81. The van der Waals surface area contributed by atoms with Gasteiger partial charge in [0.1, 0.15) is 23.0 Å². The Kier molecular flexibility index (Phi) is 8.44. The number of nitrogens with zero attached hydrogens (tertiary/aromatic N) is 1. The third-order valence-electron chi connectivity index (χ3n) is 4.99. The van der Waals surface area contributed by atoms with Gasteiger partial charge in [-0.2, -0.15) is 0 Å². The van der Waals surface area contributed by atoms with Crippen LogP contribution in [0, 0.1) is 0 Å². The third-order valence-corrected chi connectivity index (χ3v) is 4.99. The first kappa shape index (κ1) is 23.5. The molecule has 0 aliphatic carbocycles. The van der Waals surface area contributed by atoms with E-state index in [1.807, 2.05) is 38.1 Å². The van der Waals surface area contributed by atoms with Gasteiger partial charge in [0.2, 0.25) is 0 Å². The number of morpholine rings is 1. The molecule has 3 rings (SSSR count). The number of ether oxygens (including phenoxy) is 5. The van der Waals surface area contributed by atoms with Crippen molar-refractivity contribution in [1.82, 2.24) is 0 Å². The SMILES string of the molecule is CCOc1cc(N2CCOCC2)c(OCC)cc1NC(=O)C(C)Oc1cccc(OC)c1. The van der Waals surface area contributed by atoms with Crippen molar-refractivity contribution in [2.75, 3.05) is 56.8 Å². The molecule has 8 heteroatoms. The van der Waals surface area contributed by atoms with Gasteiger partial charge in [0.05, 0.1) is 44.9 Å². The molecule has 32 heavy (non-hydrogen) atoms. The summed E-state index contributed by atoms with van der Waals surface area (Å²) in [6.07, 6.45) is -0.731. The fourth-order valence-electron chi connectivity index (χ4n) is 3.41. The van der Waals surface area contributed by atoms with Gasteiger partial charge in [-0.25, -0.2) is 0 Å². The largest absolute Gasteiger partial charge is 0.497 e. The lowest BCUT2D eigenvalue weighted by atomic mass is 10.2. The fourth-order valence-corrected chi connectivity index (χ4v) is 3.41. The molecular weight excluding hydrogens is 412 g/mol. The summed E-state index contributed by atoms with van der Waals surface area (Å²) in [5, 5.41) is 2.93. The van der Waals surface area contributed by atoms with E-state index in [1.165, 1.54) is 0 Å². The summed E-state index contributed by atoms with van der Waals surface area (Å²) in [5.41, 5.74) is 1.47. The molecule has 1 amide bonds. The molecule has 0 radical (unpaired) electrons. The van der Waals surface area contributed by atoms with Gasteiger partial charge >= 0.3 is 0 Å². The quantitative estimate of drug-likeness (QED) is 0.598. The van der Waals surface area contributed by atoms with E-state index >= 15 is 0 Å². The van der Waals surface area contributed by atoms with Crippen molar-refractivity contribution in [3.05, 3.63) is 36.4 Å². The highest BCUT2D eigenvalue weighted by Gasteiger charge is 2.22. The van der Waals surface area contributed by atoms with Crippen molar-refractivity contribution in [3.8, 4) is 23.0 Å². The summed E-state index contributed by atoms with van der Waals surface area (Å²) in [5.74, 6) is 2.19. The van der Waals surface area contributed by atoms with Crippen molar-refractivity contribution >= 4 is 17.3 Å². The Morgan fingerprint density at radius 2 is 1.75 bits per heavy atom. The predicted octanol–water partition coefficient (Wildman–Crippen LogP) is 3.74. The number of nitrogens with one attached hydrogen (secondary N) is 1. The van der Waals surface area contributed by atoms with Crippen molar-refractivity contribution in [3.63, 3.8) is 0 Å². The molecule has 1 heterocycles. The number of rotatable bonds is 10. The number of hydrogen-bond acceptors (Lipinski definition) is 7. The van der Waals surface area contributed by atoms with Gasteiger partial charge in [-0.05, 0) is 32.9 Å². The fraction of sp³-hybridized carbons (Fsp3) is 0.458. The molecule has 2 aromatic carbocycles. The lowest BCUT2D eigenvalue weighted by molar-refractivity contribution is -0.122. The minimum atomic E-state index is -0.731. The van der Waals surface area contributed by atoms with Gasteiger partial charge in [-0.15, -0.1) is 0 Å². The van der Waals surface area contributed by atoms with Crippen LogP contribution in [0.25, 0.3) is 0 Å². The van der Waals surface area contributed by atoms with E-state index in [4.69, 9.17) is 23.7 Å². The second-order valence-electron chi connectivity index (χ2n) is 7.21. The van der Waals surface area contributed by atoms with E-state index in [0.29, 0.717) is 55.1 Å². The summed E-state index contributed by atoms with van der Waals surface area (Å²) >= 11 is 0. The zero-order valence-corrected chi connectivity index (χ0v) is 19.2.